The Morgan fingerprint density at radius 1 is 1.48 bits per heavy atom. The maximum atomic E-state index is 12.3. The van der Waals surface area contributed by atoms with Gasteiger partial charge in [0, 0.05) is 11.1 Å². The van der Waals surface area contributed by atoms with Crippen molar-refractivity contribution in [2.24, 2.45) is 0 Å². The summed E-state index contributed by atoms with van der Waals surface area (Å²) in [5.74, 6) is -2.79. The first-order valence-corrected chi connectivity index (χ1v) is 5.70. The van der Waals surface area contributed by atoms with Gasteiger partial charge in [0.1, 0.15) is 6.20 Å². The van der Waals surface area contributed by atoms with E-state index in [0.717, 1.165) is 6.20 Å². The minimum absolute atomic E-state index is 0.0540. The Morgan fingerprint density at radius 3 is 2.57 bits per heavy atom. The zero-order chi connectivity index (χ0) is 16.2. The van der Waals surface area contributed by atoms with Gasteiger partial charge < -0.3 is 19.6 Å². The Bertz CT molecular complexity index is 560. The van der Waals surface area contributed by atoms with Crippen molar-refractivity contribution in [1.82, 2.24) is 4.98 Å². The van der Waals surface area contributed by atoms with Crippen LogP contribution in [0.4, 0.5) is 19.0 Å². The Labute approximate surface area is 116 Å². The summed E-state index contributed by atoms with van der Waals surface area (Å²) in [4.78, 5) is 24.2. The van der Waals surface area contributed by atoms with Crippen molar-refractivity contribution in [3.63, 3.8) is 0 Å². The van der Waals surface area contributed by atoms with Gasteiger partial charge in [0.05, 0.1) is 13.0 Å². The van der Waals surface area contributed by atoms with Crippen LogP contribution in [0.2, 0.25) is 0 Å². The first-order chi connectivity index (χ1) is 9.65. The molecular weight excluding hydrogens is 297 g/mol. The van der Waals surface area contributed by atoms with E-state index in [2.05, 4.69) is 14.5 Å². The summed E-state index contributed by atoms with van der Waals surface area (Å²) in [6.07, 6.45) is -4.52. The molecule has 0 spiro atoms. The van der Waals surface area contributed by atoms with Crippen molar-refractivity contribution >= 4 is 11.8 Å². The molecule has 0 aliphatic heterocycles. The Balaban J connectivity index is 3.23. The molecule has 1 aromatic heterocycles. The van der Waals surface area contributed by atoms with Crippen molar-refractivity contribution in [1.29, 1.82) is 0 Å². The molecule has 0 bridgehead atoms. The lowest BCUT2D eigenvalue weighted by molar-refractivity contribution is -0.393. The number of alkyl halides is 3. The summed E-state index contributed by atoms with van der Waals surface area (Å²) in [6.45, 7) is 2.84. The Morgan fingerprint density at radius 2 is 2.10 bits per heavy atom. The fraction of sp³-hybridized carbons (Fsp3) is 0.455. The average Bonchev–Trinajstić information content (AvgIpc) is 2.32. The number of carbonyl (C=O) groups excluding carboxylic acids is 1. The highest BCUT2D eigenvalue weighted by molar-refractivity contribution is 5.73. The summed E-state index contributed by atoms with van der Waals surface area (Å²) in [7, 11) is 0. The van der Waals surface area contributed by atoms with Crippen molar-refractivity contribution < 1.29 is 32.4 Å². The quantitative estimate of drug-likeness (QED) is 0.471. The topological polar surface area (TPSA) is 91.6 Å². The van der Waals surface area contributed by atoms with Crippen LogP contribution in [0.15, 0.2) is 6.20 Å². The number of esters is 1. The van der Waals surface area contributed by atoms with Gasteiger partial charge in [-0.15, -0.1) is 13.2 Å². The zero-order valence-electron chi connectivity index (χ0n) is 11.1. The lowest BCUT2D eigenvalue weighted by Gasteiger charge is -2.13. The summed E-state index contributed by atoms with van der Waals surface area (Å²) in [5, 5.41) is 10.7. The molecule has 7 nitrogen and oxygen atoms in total. The molecule has 0 saturated carbocycles. The van der Waals surface area contributed by atoms with Crippen LogP contribution in [0.1, 0.15) is 18.1 Å². The van der Waals surface area contributed by atoms with Crippen molar-refractivity contribution in [2.75, 3.05) is 6.61 Å². The van der Waals surface area contributed by atoms with E-state index >= 15 is 0 Å². The lowest BCUT2D eigenvalue weighted by Crippen LogP contribution is -2.20. The molecule has 1 aromatic rings. The molecule has 0 aromatic carbocycles. The van der Waals surface area contributed by atoms with Gasteiger partial charge in [-0.1, -0.05) is 0 Å². The molecule has 10 heteroatoms. The van der Waals surface area contributed by atoms with E-state index in [-0.39, 0.29) is 24.2 Å². The molecule has 1 heterocycles. The molecule has 0 atom stereocenters. The smallest absolute Gasteiger partial charge is 0.466 e. The van der Waals surface area contributed by atoms with Crippen LogP contribution in [0.3, 0.4) is 0 Å². The predicted octanol–water partition coefficient (Wildman–Crippen LogP) is 2.30. The molecule has 0 aliphatic carbocycles. The van der Waals surface area contributed by atoms with Crippen LogP contribution < -0.4 is 4.74 Å². The summed E-state index contributed by atoms with van der Waals surface area (Å²) < 4.78 is 45.3. The molecule has 0 aliphatic rings. The molecule has 116 valence electrons. The Kier molecular flexibility index (Phi) is 5.06. The number of nitro groups is 1. The number of rotatable bonds is 5. The van der Waals surface area contributed by atoms with E-state index in [1.165, 1.54) is 6.92 Å². The van der Waals surface area contributed by atoms with Gasteiger partial charge in [0.25, 0.3) is 0 Å². The minimum atomic E-state index is -5.11. The Hall–Kier alpha value is -2.39. The van der Waals surface area contributed by atoms with Crippen LogP contribution in [-0.4, -0.2) is 28.8 Å². The third-order valence-electron chi connectivity index (χ3n) is 2.40. The molecule has 0 unspecified atom stereocenters. The van der Waals surface area contributed by atoms with E-state index < -0.39 is 28.8 Å². The van der Waals surface area contributed by atoms with E-state index in [1.807, 2.05) is 0 Å². The molecule has 21 heavy (non-hydrogen) atoms. The highest BCUT2D eigenvalue weighted by Crippen LogP contribution is 2.35. The highest BCUT2D eigenvalue weighted by atomic mass is 19.4. The van der Waals surface area contributed by atoms with Crippen LogP contribution in [0.25, 0.3) is 0 Å². The molecule has 0 amide bonds. The van der Waals surface area contributed by atoms with E-state index in [1.54, 1.807) is 6.92 Å². The fourth-order valence-electron chi connectivity index (χ4n) is 1.52. The van der Waals surface area contributed by atoms with E-state index in [9.17, 15) is 28.1 Å². The van der Waals surface area contributed by atoms with Gasteiger partial charge in [-0.25, -0.2) is 0 Å². The van der Waals surface area contributed by atoms with Gasteiger partial charge in [-0.05, 0) is 23.8 Å². The van der Waals surface area contributed by atoms with Crippen LogP contribution >= 0.6 is 0 Å². The van der Waals surface area contributed by atoms with Crippen molar-refractivity contribution in [2.45, 2.75) is 26.6 Å². The SMILES string of the molecule is CCOC(=O)Cc1cnc([N+](=O)[O-])c(OC(F)(F)F)c1C. The monoisotopic (exact) mass is 308 g/mol. The molecule has 0 N–H and O–H groups in total. The maximum Gasteiger partial charge on any atom is 0.573 e. The first-order valence-electron chi connectivity index (χ1n) is 5.70. The van der Waals surface area contributed by atoms with E-state index in [4.69, 9.17) is 0 Å². The number of pyridine rings is 1. The standard InChI is InChI=1S/C11H11F3N2O5/c1-3-20-8(17)4-7-5-15-10(16(18)19)9(6(7)2)21-11(12,13)14/h5H,3-4H2,1-2H3. The average molecular weight is 308 g/mol. The minimum Gasteiger partial charge on any atom is -0.466 e. The number of hydrogen-bond acceptors (Lipinski definition) is 6. The molecule has 0 fully saturated rings. The normalized spacial score (nSPS) is 11.1. The van der Waals surface area contributed by atoms with Crippen LogP contribution in [-0.2, 0) is 16.0 Å². The maximum absolute atomic E-state index is 12.3. The second-order valence-electron chi connectivity index (χ2n) is 3.85. The number of ether oxygens (including phenoxy) is 2. The van der Waals surface area contributed by atoms with Crippen LogP contribution in [0, 0.1) is 17.0 Å². The number of halogens is 3. The largest absolute Gasteiger partial charge is 0.573 e. The van der Waals surface area contributed by atoms with Crippen molar-refractivity contribution in [3.05, 3.63) is 27.4 Å². The molecular formula is C11H11F3N2O5. The van der Waals surface area contributed by atoms with Gasteiger partial charge in [-0.3, -0.25) is 4.79 Å². The van der Waals surface area contributed by atoms with E-state index in [0.29, 0.717) is 0 Å². The molecule has 0 radical (unpaired) electrons. The fourth-order valence-corrected chi connectivity index (χ4v) is 1.52. The number of aromatic nitrogens is 1. The van der Waals surface area contributed by atoms with Gasteiger partial charge in [0.2, 0.25) is 5.75 Å². The van der Waals surface area contributed by atoms with Crippen molar-refractivity contribution in [3.8, 4) is 5.75 Å². The lowest BCUT2D eigenvalue weighted by atomic mass is 10.1. The number of hydrogen-bond donors (Lipinski definition) is 0. The summed E-state index contributed by atoms with van der Waals surface area (Å²) in [5.41, 5.74) is -0.139. The third-order valence-corrected chi connectivity index (χ3v) is 2.40. The predicted molar refractivity (Wildman–Crippen MR) is 62.6 cm³/mol. The highest BCUT2D eigenvalue weighted by Gasteiger charge is 2.37. The summed E-state index contributed by atoms with van der Waals surface area (Å²) >= 11 is 0. The molecule has 0 saturated heterocycles. The second-order valence-corrected chi connectivity index (χ2v) is 3.85. The van der Waals surface area contributed by atoms with Crippen LogP contribution in [0.5, 0.6) is 5.75 Å². The third kappa shape index (κ3) is 4.58. The second kappa shape index (κ2) is 6.37. The van der Waals surface area contributed by atoms with Gasteiger partial charge >= 0.3 is 18.1 Å². The number of carbonyl (C=O) groups is 1. The first kappa shape index (κ1) is 16.7. The van der Waals surface area contributed by atoms with Gasteiger partial charge in [0.15, 0.2) is 0 Å². The number of nitrogens with zero attached hydrogens (tertiary/aromatic N) is 2. The zero-order valence-corrected chi connectivity index (χ0v) is 11.1. The molecule has 1 rings (SSSR count). The van der Waals surface area contributed by atoms with Gasteiger partial charge in [-0.2, -0.15) is 0 Å². The summed E-state index contributed by atoms with van der Waals surface area (Å²) in [6, 6.07) is 0.